The number of nitrogens with two attached hydrogens (primary N) is 1. The molecule has 13 heteroatoms. The number of methoxy groups -OCH3 is 2. The molecule has 7 N–H and O–H groups in total. The monoisotopic (exact) mass is 613 g/mol. The van der Waals surface area contributed by atoms with Crippen LogP contribution in [0, 0.1) is 11.8 Å². The van der Waals surface area contributed by atoms with Gasteiger partial charge in [0.2, 0.25) is 12.5 Å². The molecule has 2 aromatic carbocycles. The Morgan fingerprint density at radius 3 is 2.20 bits per heavy atom. The Balaban J connectivity index is 1.30. The fourth-order valence-corrected chi connectivity index (χ4v) is 6.27. The van der Waals surface area contributed by atoms with Crippen molar-refractivity contribution in [3.8, 4) is 28.7 Å². The van der Waals surface area contributed by atoms with E-state index in [9.17, 15) is 14.7 Å². The van der Waals surface area contributed by atoms with Crippen molar-refractivity contribution in [1.82, 2.24) is 21.3 Å². The van der Waals surface area contributed by atoms with Crippen molar-refractivity contribution in [2.45, 2.75) is 31.2 Å². The number of fused-ring (bicyclic) bond motifs is 3. The highest BCUT2D eigenvalue weighted by Crippen LogP contribution is 2.55. The van der Waals surface area contributed by atoms with Crippen LogP contribution in [-0.2, 0) is 9.53 Å². The number of ether oxygens (including phenoxy) is 5. The lowest BCUT2D eigenvalue weighted by atomic mass is 9.65. The quantitative estimate of drug-likeness (QED) is 0.127. The lowest BCUT2D eigenvalue weighted by Crippen LogP contribution is -2.47. The summed E-state index contributed by atoms with van der Waals surface area (Å²) in [6.45, 7) is 4.78. The van der Waals surface area contributed by atoms with Crippen LogP contribution in [0.3, 0.4) is 0 Å². The Kier molecular flexibility index (Phi) is 10.5. The summed E-state index contributed by atoms with van der Waals surface area (Å²) in [6, 6.07) is 6.27. The Morgan fingerprint density at radius 2 is 1.55 bits per heavy atom. The van der Waals surface area contributed by atoms with Crippen LogP contribution in [0.25, 0.3) is 0 Å². The summed E-state index contributed by atoms with van der Waals surface area (Å²) in [5.41, 5.74) is 7.79. The van der Waals surface area contributed by atoms with Gasteiger partial charge in [-0.1, -0.05) is 0 Å². The third kappa shape index (κ3) is 6.74. The highest BCUT2D eigenvalue weighted by molar-refractivity contribution is 5.80. The van der Waals surface area contributed by atoms with Gasteiger partial charge >= 0.3 is 12.0 Å². The number of urea groups is 1. The van der Waals surface area contributed by atoms with Gasteiger partial charge in [0, 0.05) is 24.9 Å². The molecule has 2 aliphatic heterocycles. The number of hydrogen-bond acceptors (Lipinski definition) is 11. The number of nitrogens with one attached hydrogen (secondary N) is 4. The van der Waals surface area contributed by atoms with Crippen molar-refractivity contribution in [1.29, 1.82) is 0 Å². The van der Waals surface area contributed by atoms with E-state index in [4.69, 9.17) is 29.4 Å². The second kappa shape index (κ2) is 14.7. The smallest absolute Gasteiger partial charge is 0.315 e. The van der Waals surface area contributed by atoms with Crippen molar-refractivity contribution in [2.75, 3.05) is 66.9 Å². The topological polar surface area (TPSA) is 175 Å². The molecular weight excluding hydrogens is 570 g/mol. The molecule has 1 saturated heterocycles. The SMILES string of the molecule is COc1cc(C2c3cc4c(cc3[C@@H](NC(=O)NCCNCCCCNCCCN)C3COC(=O)[C@H]23)OCO4)cc(OC)c1O. The van der Waals surface area contributed by atoms with Gasteiger partial charge in [-0.15, -0.1) is 0 Å². The number of rotatable bonds is 15. The standard InChI is InChI=1S/C31H43N5O8/c1-40-24-12-18(13-25(41-2)29(24)37)26-19-14-22-23(44-17-43-22)15-20(19)28(21-16-42-30(38)27(21)26)36-31(39)35-11-10-34-8-4-3-7-33-9-5-6-32/h12-15,21,26-28,33-34,37H,3-11,16-17,32H2,1-2H3,(H2,35,36,39)/t21?,26?,27-,28+/m0/s1. The summed E-state index contributed by atoms with van der Waals surface area (Å²) in [5.74, 6) is -0.382. The number of aromatic hydroxyl groups is 1. The first-order valence-electron chi connectivity index (χ1n) is 15.2. The van der Waals surface area contributed by atoms with E-state index >= 15 is 0 Å². The van der Waals surface area contributed by atoms with Gasteiger partial charge in [-0.25, -0.2) is 4.79 Å². The second-order valence-corrected chi connectivity index (χ2v) is 11.1. The molecule has 0 aromatic heterocycles. The Morgan fingerprint density at radius 1 is 0.909 bits per heavy atom. The minimum absolute atomic E-state index is 0.0784. The maximum Gasteiger partial charge on any atom is 0.315 e. The molecule has 0 saturated carbocycles. The highest BCUT2D eigenvalue weighted by atomic mass is 16.7. The number of esters is 1. The average Bonchev–Trinajstić information content (AvgIpc) is 3.65. The van der Waals surface area contributed by atoms with E-state index in [1.165, 1.54) is 14.2 Å². The van der Waals surface area contributed by atoms with E-state index in [0.29, 0.717) is 36.7 Å². The summed E-state index contributed by atoms with van der Waals surface area (Å²) in [4.78, 5) is 26.4. The molecule has 13 nitrogen and oxygen atoms in total. The number of benzene rings is 2. The van der Waals surface area contributed by atoms with Gasteiger partial charge in [0.05, 0.1) is 32.8 Å². The molecule has 1 aliphatic carbocycles. The Hall–Kier alpha value is -3.94. The number of unbranched alkanes of at least 4 members (excludes halogenated alkanes) is 1. The molecule has 0 bridgehead atoms. The molecule has 1 fully saturated rings. The number of phenolic OH excluding ortho intramolecular Hbond substituents is 1. The van der Waals surface area contributed by atoms with Gasteiger partial charge in [-0.2, -0.15) is 0 Å². The van der Waals surface area contributed by atoms with Crippen molar-refractivity contribution >= 4 is 12.0 Å². The summed E-state index contributed by atoms with van der Waals surface area (Å²) < 4.78 is 27.8. The third-order valence-corrected chi connectivity index (χ3v) is 8.44. The summed E-state index contributed by atoms with van der Waals surface area (Å²) in [5, 5.41) is 23.3. The van der Waals surface area contributed by atoms with Crippen LogP contribution in [0.5, 0.6) is 28.7 Å². The van der Waals surface area contributed by atoms with Crippen molar-refractivity contribution in [3.05, 3.63) is 41.0 Å². The van der Waals surface area contributed by atoms with Gasteiger partial charge in [0.25, 0.3) is 0 Å². The highest BCUT2D eigenvalue weighted by Gasteiger charge is 2.53. The number of cyclic esters (lactones) is 1. The Bertz CT molecular complexity index is 1300. The molecule has 0 radical (unpaired) electrons. The summed E-state index contributed by atoms with van der Waals surface area (Å²) in [6.07, 6.45) is 3.09. The van der Waals surface area contributed by atoms with E-state index in [0.717, 1.165) is 50.0 Å². The van der Waals surface area contributed by atoms with Gasteiger partial charge < -0.3 is 55.8 Å². The normalized spacial score (nSPS) is 21.3. The fourth-order valence-electron chi connectivity index (χ4n) is 6.27. The Labute approximate surface area is 257 Å². The van der Waals surface area contributed by atoms with E-state index in [1.807, 2.05) is 12.1 Å². The fraction of sp³-hybridized carbons (Fsp3) is 0.548. The van der Waals surface area contributed by atoms with E-state index < -0.39 is 17.9 Å². The lowest BCUT2D eigenvalue weighted by Gasteiger charge is -2.39. The molecule has 2 heterocycles. The second-order valence-electron chi connectivity index (χ2n) is 11.1. The average molecular weight is 614 g/mol. The molecule has 2 aromatic rings. The summed E-state index contributed by atoms with van der Waals surface area (Å²) >= 11 is 0. The molecule has 3 aliphatic rings. The minimum atomic E-state index is -0.612. The van der Waals surface area contributed by atoms with Crippen LogP contribution < -0.4 is 45.9 Å². The van der Waals surface area contributed by atoms with Gasteiger partial charge in [-0.05, 0) is 86.4 Å². The number of hydrogen-bond donors (Lipinski definition) is 6. The minimum Gasteiger partial charge on any atom is -0.502 e. The molecule has 2 unspecified atom stereocenters. The predicted molar refractivity (Wildman–Crippen MR) is 161 cm³/mol. The van der Waals surface area contributed by atoms with Crippen LogP contribution in [0.1, 0.15) is 47.9 Å². The zero-order valence-electron chi connectivity index (χ0n) is 25.3. The van der Waals surface area contributed by atoms with E-state index in [-0.39, 0.29) is 48.6 Å². The van der Waals surface area contributed by atoms with Gasteiger partial charge in [-0.3, -0.25) is 4.79 Å². The maximum absolute atomic E-state index is 13.3. The summed E-state index contributed by atoms with van der Waals surface area (Å²) in [7, 11) is 2.91. The molecule has 240 valence electrons. The van der Waals surface area contributed by atoms with Crippen LogP contribution in [0.2, 0.25) is 0 Å². The number of carbonyl (C=O) groups excluding carboxylic acids is 2. The molecule has 44 heavy (non-hydrogen) atoms. The molecule has 4 atom stereocenters. The van der Waals surface area contributed by atoms with Gasteiger partial charge in [0.15, 0.2) is 23.0 Å². The van der Waals surface area contributed by atoms with Crippen molar-refractivity contribution in [2.24, 2.45) is 17.6 Å². The van der Waals surface area contributed by atoms with Crippen LogP contribution in [-0.4, -0.2) is 84.0 Å². The zero-order valence-corrected chi connectivity index (χ0v) is 25.3. The largest absolute Gasteiger partial charge is 0.502 e. The van der Waals surface area contributed by atoms with Crippen molar-refractivity contribution < 1.29 is 38.4 Å². The zero-order chi connectivity index (χ0) is 31.1. The number of phenols is 1. The molecular formula is C31H43N5O8. The lowest BCUT2D eigenvalue weighted by molar-refractivity contribution is -0.141. The molecule has 2 amide bonds. The van der Waals surface area contributed by atoms with E-state index in [1.54, 1.807) is 12.1 Å². The predicted octanol–water partition coefficient (Wildman–Crippen LogP) is 1.72. The van der Waals surface area contributed by atoms with Crippen LogP contribution in [0.4, 0.5) is 4.79 Å². The van der Waals surface area contributed by atoms with Gasteiger partial charge in [0.1, 0.15) is 0 Å². The first-order chi connectivity index (χ1) is 21.5. The number of amides is 2. The first kappa shape index (κ1) is 31.5. The maximum atomic E-state index is 13.3. The molecule has 0 spiro atoms. The van der Waals surface area contributed by atoms with Crippen LogP contribution in [0.15, 0.2) is 24.3 Å². The van der Waals surface area contributed by atoms with Crippen molar-refractivity contribution in [3.63, 3.8) is 0 Å². The third-order valence-electron chi connectivity index (χ3n) is 8.44. The van der Waals surface area contributed by atoms with Crippen LogP contribution >= 0.6 is 0 Å². The first-order valence-corrected chi connectivity index (χ1v) is 15.2. The molecule has 5 rings (SSSR count). The van der Waals surface area contributed by atoms with E-state index in [2.05, 4.69) is 21.3 Å². The number of carbonyl (C=O) groups is 2.